The summed E-state index contributed by atoms with van der Waals surface area (Å²) in [5, 5.41) is 3.09. The minimum absolute atomic E-state index is 0.0462. The van der Waals surface area contributed by atoms with E-state index < -0.39 is 21.8 Å². The molecule has 4 nitrogen and oxygen atoms in total. The van der Waals surface area contributed by atoms with E-state index in [1.807, 2.05) is 0 Å². The molecular weight excluding hydrogens is 413 g/mol. The highest BCUT2D eigenvalue weighted by Crippen LogP contribution is 2.32. The van der Waals surface area contributed by atoms with Crippen molar-refractivity contribution in [3.05, 3.63) is 65.2 Å². The molecule has 1 saturated heterocycles. The Hall–Kier alpha value is -1.90. The summed E-state index contributed by atoms with van der Waals surface area (Å²) in [6.07, 6.45) is -2.54. The predicted molar refractivity (Wildman–Crippen MR) is 110 cm³/mol. The average Bonchev–Trinajstić information content (AvgIpc) is 2.67. The zero-order valence-corrected chi connectivity index (χ0v) is 18.0. The van der Waals surface area contributed by atoms with Gasteiger partial charge in [0.2, 0.25) is 10.0 Å². The molecule has 0 saturated carbocycles. The lowest BCUT2D eigenvalue weighted by Crippen LogP contribution is -2.43. The fraction of sp³-hybridized carbons (Fsp3) is 0.455. The van der Waals surface area contributed by atoms with Crippen molar-refractivity contribution < 1.29 is 21.6 Å². The zero-order chi connectivity index (χ0) is 22.0. The number of halogens is 3. The number of hydrogen-bond acceptors (Lipinski definition) is 3. The molecule has 0 amide bonds. The van der Waals surface area contributed by atoms with E-state index in [2.05, 4.69) is 19.2 Å². The van der Waals surface area contributed by atoms with Crippen molar-refractivity contribution in [3.63, 3.8) is 0 Å². The smallest absolute Gasteiger partial charge is 0.309 e. The largest absolute Gasteiger partial charge is 0.416 e. The minimum atomic E-state index is -4.37. The van der Waals surface area contributed by atoms with Crippen LogP contribution in [0.3, 0.4) is 0 Å². The summed E-state index contributed by atoms with van der Waals surface area (Å²) < 4.78 is 66.1. The van der Waals surface area contributed by atoms with Gasteiger partial charge in [-0.05, 0) is 47.6 Å². The SMILES string of the molecule is CC1(C)CCCN(S(=O)(=O)c2cccc(CNCc3cccc(C(F)(F)F)c3)c2)C1. The first-order valence-electron chi connectivity index (χ1n) is 9.93. The van der Waals surface area contributed by atoms with E-state index in [-0.39, 0.29) is 16.9 Å². The Kier molecular flexibility index (Phi) is 6.60. The standard InChI is InChI=1S/C22H27F3N2O2S/c1-21(2)10-5-11-27(16-21)30(28,29)20-9-4-7-18(13-20)15-26-14-17-6-3-8-19(12-17)22(23,24)25/h3-4,6-9,12-13,26H,5,10-11,14-16H2,1-2H3. The summed E-state index contributed by atoms with van der Waals surface area (Å²) in [5.41, 5.74) is 0.554. The monoisotopic (exact) mass is 440 g/mol. The molecule has 0 atom stereocenters. The summed E-state index contributed by atoms with van der Waals surface area (Å²) >= 11 is 0. The quantitative estimate of drug-likeness (QED) is 0.702. The van der Waals surface area contributed by atoms with E-state index in [0.717, 1.165) is 30.5 Å². The number of sulfonamides is 1. The van der Waals surface area contributed by atoms with E-state index in [0.29, 0.717) is 25.2 Å². The molecule has 0 spiro atoms. The van der Waals surface area contributed by atoms with Gasteiger partial charge in [0, 0.05) is 26.2 Å². The maximum atomic E-state index is 13.1. The van der Waals surface area contributed by atoms with Crippen molar-refractivity contribution in [2.45, 2.75) is 50.9 Å². The Labute approximate surface area is 176 Å². The van der Waals surface area contributed by atoms with Crippen LogP contribution in [0.1, 0.15) is 43.4 Å². The van der Waals surface area contributed by atoms with Crippen molar-refractivity contribution in [2.24, 2.45) is 5.41 Å². The van der Waals surface area contributed by atoms with Crippen LogP contribution in [0.5, 0.6) is 0 Å². The maximum absolute atomic E-state index is 13.1. The van der Waals surface area contributed by atoms with E-state index in [1.165, 1.54) is 6.07 Å². The summed E-state index contributed by atoms with van der Waals surface area (Å²) in [5.74, 6) is 0. The van der Waals surface area contributed by atoms with Crippen LogP contribution in [0.15, 0.2) is 53.4 Å². The molecule has 2 aromatic carbocycles. The second-order valence-corrected chi connectivity index (χ2v) is 10.5. The molecule has 164 valence electrons. The van der Waals surface area contributed by atoms with E-state index >= 15 is 0 Å². The highest BCUT2D eigenvalue weighted by Gasteiger charge is 2.34. The normalized spacial score (nSPS) is 17.8. The number of hydrogen-bond donors (Lipinski definition) is 1. The Bertz CT molecular complexity index is 988. The first kappa shape index (κ1) is 22.8. The molecule has 0 bridgehead atoms. The molecule has 0 aromatic heterocycles. The molecule has 1 aliphatic heterocycles. The minimum Gasteiger partial charge on any atom is -0.309 e. The van der Waals surface area contributed by atoms with Crippen molar-refractivity contribution in [1.82, 2.24) is 9.62 Å². The van der Waals surface area contributed by atoms with Crippen LogP contribution in [0.2, 0.25) is 0 Å². The van der Waals surface area contributed by atoms with Gasteiger partial charge in [-0.1, -0.05) is 44.2 Å². The van der Waals surface area contributed by atoms with E-state index in [9.17, 15) is 21.6 Å². The Morgan fingerprint density at radius 2 is 1.67 bits per heavy atom. The molecule has 8 heteroatoms. The summed E-state index contributed by atoms with van der Waals surface area (Å²) in [6, 6.07) is 11.9. The Balaban J connectivity index is 1.66. The molecule has 0 aliphatic carbocycles. The molecule has 2 aromatic rings. The fourth-order valence-electron chi connectivity index (χ4n) is 3.75. The molecule has 1 aliphatic rings. The van der Waals surface area contributed by atoms with Crippen LogP contribution in [-0.2, 0) is 29.3 Å². The van der Waals surface area contributed by atoms with Crippen LogP contribution in [-0.4, -0.2) is 25.8 Å². The van der Waals surface area contributed by atoms with Crippen molar-refractivity contribution in [2.75, 3.05) is 13.1 Å². The first-order chi connectivity index (χ1) is 14.0. The van der Waals surface area contributed by atoms with Gasteiger partial charge in [0.1, 0.15) is 0 Å². The van der Waals surface area contributed by atoms with E-state index in [4.69, 9.17) is 0 Å². The second-order valence-electron chi connectivity index (χ2n) is 8.56. The van der Waals surface area contributed by atoms with Gasteiger partial charge in [0.15, 0.2) is 0 Å². The number of piperidine rings is 1. The van der Waals surface area contributed by atoms with Gasteiger partial charge < -0.3 is 5.32 Å². The Morgan fingerprint density at radius 1 is 1.03 bits per heavy atom. The van der Waals surface area contributed by atoms with Gasteiger partial charge in [-0.15, -0.1) is 0 Å². The number of benzene rings is 2. The highest BCUT2D eigenvalue weighted by atomic mass is 32.2. The van der Waals surface area contributed by atoms with Crippen molar-refractivity contribution in [1.29, 1.82) is 0 Å². The zero-order valence-electron chi connectivity index (χ0n) is 17.2. The summed E-state index contributed by atoms with van der Waals surface area (Å²) in [4.78, 5) is 0.249. The van der Waals surface area contributed by atoms with Crippen molar-refractivity contribution in [3.8, 4) is 0 Å². The van der Waals surface area contributed by atoms with Crippen molar-refractivity contribution >= 4 is 10.0 Å². The van der Waals surface area contributed by atoms with Gasteiger partial charge >= 0.3 is 6.18 Å². The molecule has 1 heterocycles. The van der Waals surface area contributed by atoms with Crippen LogP contribution >= 0.6 is 0 Å². The van der Waals surface area contributed by atoms with Gasteiger partial charge in [0.25, 0.3) is 0 Å². The third-order valence-electron chi connectivity index (χ3n) is 5.31. The number of nitrogens with zero attached hydrogens (tertiary/aromatic N) is 1. The molecule has 0 radical (unpaired) electrons. The number of rotatable bonds is 6. The van der Waals surface area contributed by atoms with Crippen LogP contribution < -0.4 is 5.32 Å². The molecular formula is C22H27F3N2O2S. The third-order valence-corrected chi connectivity index (χ3v) is 7.16. The van der Waals surface area contributed by atoms with Gasteiger partial charge in [-0.3, -0.25) is 0 Å². The molecule has 1 N–H and O–H groups in total. The highest BCUT2D eigenvalue weighted by molar-refractivity contribution is 7.89. The third kappa shape index (κ3) is 5.62. The lowest BCUT2D eigenvalue weighted by molar-refractivity contribution is -0.137. The lowest BCUT2D eigenvalue weighted by Gasteiger charge is -2.37. The summed E-state index contributed by atoms with van der Waals surface area (Å²) in [6.45, 7) is 5.76. The topological polar surface area (TPSA) is 49.4 Å². The predicted octanol–water partition coefficient (Wildman–Crippen LogP) is 4.81. The van der Waals surface area contributed by atoms with Gasteiger partial charge in [0.05, 0.1) is 10.5 Å². The lowest BCUT2D eigenvalue weighted by atomic mass is 9.85. The van der Waals surface area contributed by atoms with Crippen LogP contribution in [0, 0.1) is 5.41 Å². The van der Waals surface area contributed by atoms with Crippen LogP contribution in [0.25, 0.3) is 0 Å². The van der Waals surface area contributed by atoms with E-state index in [1.54, 1.807) is 34.6 Å². The average molecular weight is 441 g/mol. The second kappa shape index (κ2) is 8.69. The molecule has 0 unspecified atom stereocenters. The maximum Gasteiger partial charge on any atom is 0.416 e. The molecule has 3 rings (SSSR count). The first-order valence-corrected chi connectivity index (χ1v) is 11.4. The number of nitrogens with one attached hydrogen (secondary N) is 1. The fourth-order valence-corrected chi connectivity index (χ4v) is 5.49. The number of alkyl halides is 3. The molecule has 1 fully saturated rings. The van der Waals surface area contributed by atoms with Crippen LogP contribution in [0.4, 0.5) is 13.2 Å². The van der Waals surface area contributed by atoms with Gasteiger partial charge in [-0.2, -0.15) is 17.5 Å². The van der Waals surface area contributed by atoms with Gasteiger partial charge in [-0.25, -0.2) is 8.42 Å². The molecule has 30 heavy (non-hydrogen) atoms. The Morgan fingerprint density at radius 3 is 2.30 bits per heavy atom. The summed E-state index contributed by atoms with van der Waals surface area (Å²) in [7, 11) is -3.57.